The van der Waals surface area contributed by atoms with Crippen LogP contribution < -0.4 is 0 Å². The number of ether oxygens (including phenoxy) is 1. The fourth-order valence-electron chi connectivity index (χ4n) is 1.63. The summed E-state index contributed by atoms with van der Waals surface area (Å²) in [5, 5.41) is 9.03. The molecule has 1 N–H and O–H groups in total. The van der Waals surface area contributed by atoms with Crippen molar-refractivity contribution in [1.29, 1.82) is 0 Å². The van der Waals surface area contributed by atoms with Gasteiger partial charge < -0.3 is 9.84 Å². The Bertz CT molecular complexity index is 343. The minimum atomic E-state index is -0.993. The van der Waals surface area contributed by atoms with Gasteiger partial charge in [-0.1, -0.05) is 26.8 Å². The maximum atomic E-state index is 11.8. The van der Waals surface area contributed by atoms with Gasteiger partial charge in [0.15, 0.2) is 0 Å². The molecule has 0 aliphatic carbocycles. The molecule has 0 saturated heterocycles. The van der Waals surface area contributed by atoms with Crippen LogP contribution in [0.1, 0.15) is 40.0 Å². The maximum absolute atomic E-state index is 11.8. The van der Waals surface area contributed by atoms with E-state index in [0.717, 1.165) is 11.3 Å². The van der Waals surface area contributed by atoms with Gasteiger partial charge in [-0.25, -0.2) is 9.59 Å². The van der Waals surface area contributed by atoms with Crippen molar-refractivity contribution in [3.8, 4) is 0 Å². The number of carbonyl (C=O) groups is 2. The normalized spacial score (nSPS) is 19.7. The average molecular weight is 255 g/mol. The molecule has 1 unspecified atom stereocenters. The molecule has 5 heteroatoms. The summed E-state index contributed by atoms with van der Waals surface area (Å²) in [4.78, 5) is 24.0. The molecule has 1 heterocycles. The fourth-order valence-corrected chi connectivity index (χ4v) is 1.63. The molecule has 18 heavy (non-hydrogen) atoms. The van der Waals surface area contributed by atoms with Crippen molar-refractivity contribution in [3.63, 3.8) is 0 Å². The van der Waals surface area contributed by atoms with Gasteiger partial charge in [-0.15, -0.1) is 0 Å². The number of carbonyl (C=O) groups excluding carboxylic acids is 1. The predicted octanol–water partition coefficient (Wildman–Crippen LogP) is 2.62. The van der Waals surface area contributed by atoms with E-state index in [1.54, 1.807) is 6.08 Å². The number of aliphatic carboxylic acids is 1. The summed E-state index contributed by atoms with van der Waals surface area (Å²) in [7, 11) is 0. The Kier molecular flexibility index (Phi) is 4.76. The highest BCUT2D eigenvalue weighted by atomic mass is 16.6. The Labute approximate surface area is 107 Å². The first-order valence-electron chi connectivity index (χ1n) is 6.16. The van der Waals surface area contributed by atoms with Crippen LogP contribution in [0.25, 0.3) is 0 Å². The Morgan fingerprint density at radius 2 is 2.11 bits per heavy atom. The van der Waals surface area contributed by atoms with Gasteiger partial charge in [0.05, 0.1) is 6.61 Å². The van der Waals surface area contributed by atoms with Gasteiger partial charge in [0.1, 0.15) is 6.04 Å². The number of nitrogens with zero attached hydrogens (tertiary/aromatic N) is 1. The summed E-state index contributed by atoms with van der Waals surface area (Å²) < 4.78 is 5.11. The average Bonchev–Trinajstić information content (AvgIpc) is 2.27. The van der Waals surface area contributed by atoms with Gasteiger partial charge in [0, 0.05) is 6.20 Å². The van der Waals surface area contributed by atoms with Gasteiger partial charge in [0.25, 0.3) is 0 Å². The zero-order valence-corrected chi connectivity index (χ0v) is 11.2. The first-order valence-corrected chi connectivity index (χ1v) is 6.16. The van der Waals surface area contributed by atoms with E-state index in [1.165, 1.54) is 6.20 Å². The molecule has 1 amide bonds. The molecule has 0 aromatic rings. The minimum absolute atomic E-state index is 0.0875. The summed E-state index contributed by atoms with van der Waals surface area (Å²) >= 11 is 0. The van der Waals surface area contributed by atoms with Crippen molar-refractivity contribution in [2.75, 3.05) is 6.61 Å². The first-order chi connectivity index (χ1) is 8.31. The second-order valence-electron chi connectivity index (χ2n) is 5.65. The van der Waals surface area contributed by atoms with E-state index in [2.05, 4.69) is 20.8 Å². The van der Waals surface area contributed by atoms with Crippen LogP contribution in [-0.4, -0.2) is 34.7 Å². The van der Waals surface area contributed by atoms with Crippen molar-refractivity contribution in [2.24, 2.45) is 5.41 Å². The summed E-state index contributed by atoms with van der Waals surface area (Å²) in [6.45, 7) is 6.48. The Balaban J connectivity index is 2.51. The smallest absolute Gasteiger partial charge is 0.414 e. The largest absolute Gasteiger partial charge is 0.480 e. The lowest BCUT2D eigenvalue weighted by Gasteiger charge is -2.28. The van der Waals surface area contributed by atoms with Crippen LogP contribution in [0.4, 0.5) is 4.79 Å². The zero-order chi connectivity index (χ0) is 13.8. The lowest BCUT2D eigenvalue weighted by Crippen LogP contribution is -2.43. The molecule has 0 fully saturated rings. The van der Waals surface area contributed by atoms with E-state index in [0.29, 0.717) is 19.4 Å². The number of allylic oxidation sites excluding steroid dienone is 1. The lowest BCUT2D eigenvalue weighted by atomic mass is 9.93. The van der Waals surface area contributed by atoms with Crippen LogP contribution in [0.3, 0.4) is 0 Å². The monoisotopic (exact) mass is 255 g/mol. The second-order valence-corrected chi connectivity index (χ2v) is 5.65. The quantitative estimate of drug-likeness (QED) is 0.841. The molecule has 1 atom stereocenters. The lowest BCUT2D eigenvalue weighted by molar-refractivity contribution is -0.142. The minimum Gasteiger partial charge on any atom is -0.480 e. The second kappa shape index (κ2) is 5.89. The van der Waals surface area contributed by atoms with Gasteiger partial charge in [0.2, 0.25) is 0 Å². The van der Waals surface area contributed by atoms with E-state index in [4.69, 9.17) is 9.84 Å². The van der Waals surface area contributed by atoms with E-state index in [9.17, 15) is 9.59 Å². The Morgan fingerprint density at radius 3 is 2.67 bits per heavy atom. The van der Waals surface area contributed by atoms with Gasteiger partial charge in [-0.3, -0.25) is 4.90 Å². The molecule has 0 aromatic heterocycles. The third kappa shape index (κ3) is 4.39. The molecule has 0 saturated carbocycles. The highest BCUT2D eigenvalue weighted by Gasteiger charge is 2.30. The topological polar surface area (TPSA) is 66.8 Å². The number of carboxylic acids is 1. The number of carboxylic acid groups (broad SMARTS) is 1. The molecule has 0 spiro atoms. The summed E-state index contributed by atoms with van der Waals surface area (Å²) in [6.07, 6.45) is 4.55. The third-order valence-corrected chi connectivity index (χ3v) is 2.78. The molecular weight excluding hydrogens is 234 g/mol. The molecule has 0 radical (unpaired) electrons. The van der Waals surface area contributed by atoms with Crippen LogP contribution in [0.2, 0.25) is 0 Å². The molecular formula is C13H21NO4. The third-order valence-electron chi connectivity index (χ3n) is 2.78. The van der Waals surface area contributed by atoms with E-state index in [-0.39, 0.29) is 5.41 Å². The van der Waals surface area contributed by atoms with Crippen molar-refractivity contribution in [1.82, 2.24) is 4.90 Å². The van der Waals surface area contributed by atoms with Gasteiger partial charge in [-0.05, 0) is 24.7 Å². The molecule has 5 nitrogen and oxygen atoms in total. The van der Waals surface area contributed by atoms with Gasteiger partial charge >= 0.3 is 12.1 Å². The predicted molar refractivity (Wildman–Crippen MR) is 67.1 cm³/mol. The number of hydrogen-bond donors (Lipinski definition) is 1. The summed E-state index contributed by atoms with van der Waals surface area (Å²) in [5.41, 5.74) is 0.0875. The van der Waals surface area contributed by atoms with Crippen LogP contribution in [0.15, 0.2) is 12.3 Å². The van der Waals surface area contributed by atoms with Crippen LogP contribution in [0.5, 0.6) is 0 Å². The number of rotatable bonds is 3. The number of amides is 1. The van der Waals surface area contributed by atoms with Crippen molar-refractivity contribution >= 4 is 12.1 Å². The number of hydrogen-bond acceptors (Lipinski definition) is 3. The molecule has 0 bridgehead atoms. The fraction of sp³-hybridized carbons (Fsp3) is 0.692. The standard InChI is InChI=1S/C13H21NO4/c1-13(2,3)7-9-18-12(17)14-8-5-4-6-10(14)11(15)16/h5,8,10H,4,6-7,9H2,1-3H3,(H,15,16). The highest BCUT2D eigenvalue weighted by molar-refractivity contribution is 5.81. The molecule has 0 aromatic carbocycles. The first kappa shape index (κ1) is 14.5. The van der Waals surface area contributed by atoms with Crippen molar-refractivity contribution in [3.05, 3.63) is 12.3 Å². The van der Waals surface area contributed by atoms with Crippen molar-refractivity contribution in [2.45, 2.75) is 46.1 Å². The van der Waals surface area contributed by atoms with Crippen LogP contribution in [0, 0.1) is 5.41 Å². The summed E-state index contributed by atoms with van der Waals surface area (Å²) in [6, 6.07) is -0.808. The highest BCUT2D eigenvalue weighted by Crippen LogP contribution is 2.20. The summed E-state index contributed by atoms with van der Waals surface area (Å²) in [5.74, 6) is -0.993. The SMILES string of the molecule is CC(C)(C)CCOC(=O)N1C=CCCC1C(=O)O. The maximum Gasteiger partial charge on any atom is 0.414 e. The molecule has 1 rings (SSSR count). The van der Waals surface area contributed by atoms with Crippen LogP contribution in [-0.2, 0) is 9.53 Å². The Morgan fingerprint density at radius 1 is 1.44 bits per heavy atom. The Hall–Kier alpha value is -1.52. The molecule has 102 valence electrons. The van der Waals surface area contributed by atoms with Crippen LogP contribution >= 0.6 is 0 Å². The van der Waals surface area contributed by atoms with Gasteiger partial charge in [-0.2, -0.15) is 0 Å². The van der Waals surface area contributed by atoms with Crippen molar-refractivity contribution < 1.29 is 19.4 Å². The van der Waals surface area contributed by atoms with E-state index < -0.39 is 18.1 Å². The van der Waals surface area contributed by atoms with E-state index in [1.807, 2.05) is 0 Å². The molecule has 1 aliphatic rings. The zero-order valence-electron chi connectivity index (χ0n) is 11.2. The molecule has 1 aliphatic heterocycles. The van der Waals surface area contributed by atoms with E-state index >= 15 is 0 Å².